The molecule has 4 rings (SSSR count). The van der Waals surface area contributed by atoms with E-state index in [0.29, 0.717) is 11.3 Å². The number of anilines is 2. The highest BCUT2D eigenvalue weighted by molar-refractivity contribution is 5.94. The summed E-state index contributed by atoms with van der Waals surface area (Å²) in [5.74, 6) is -0.362. The number of rotatable bonds is 4. The number of amides is 2. The number of nitrogens with one attached hydrogen (secondary N) is 1. The molecule has 150 valence electrons. The molecule has 1 N–H and O–H groups in total. The second-order valence-electron chi connectivity index (χ2n) is 7.23. The molecule has 1 aliphatic rings. The largest absolute Gasteiger partial charge is 0.369 e. The van der Waals surface area contributed by atoms with Crippen molar-refractivity contribution in [3.63, 3.8) is 0 Å². The Morgan fingerprint density at radius 1 is 1.28 bits per heavy atom. The first-order chi connectivity index (χ1) is 14.0. The van der Waals surface area contributed by atoms with E-state index in [0.717, 1.165) is 30.8 Å². The van der Waals surface area contributed by atoms with E-state index < -0.39 is 0 Å². The van der Waals surface area contributed by atoms with Crippen LogP contribution in [0.3, 0.4) is 0 Å². The quantitative estimate of drug-likeness (QED) is 0.737. The second-order valence-corrected chi connectivity index (χ2v) is 7.23. The van der Waals surface area contributed by atoms with Crippen molar-refractivity contribution in [2.45, 2.75) is 12.5 Å². The Bertz CT molecular complexity index is 1010. The molecule has 0 bridgehead atoms. The van der Waals surface area contributed by atoms with E-state index in [-0.39, 0.29) is 17.9 Å². The molecule has 1 aliphatic heterocycles. The van der Waals surface area contributed by atoms with Gasteiger partial charge in [0, 0.05) is 62.6 Å². The first kappa shape index (κ1) is 18.9. The van der Waals surface area contributed by atoms with Gasteiger partial charge in [0.2, 0.25) is 0 Å². The monoisotopic (exact) mass is 394 g/mol. The number of aromatic nitrogens is 3. The van der Waals surface area contributed by atoms with E-state index in [9.17, 15) is 9.18 Å². The van der Waals surface area contributed by atoms with Crippen LogP contribution in [0.15, 0.2) is 55.1 Å². The van der Waals surface area contributed by atoms with Gasteiger partial charge in [-0.05, 0) is 36.8 Å². The summed E-state index contributed by atoms with van der Waals surface area (Å²) in [6.07, 6.45) is 7.86. The highest BCUT2D eigenvalue weighted by Gasteiger charge is 2.29. The van der Waals surface area contributed by atoms with E-state index in [1.54, 1.807) is 54.5 Å². The molecule has 1 saturated heterocycles. The maximum atomic E-state index is 13.8. The number of carbonyl (C=O) groups excluding carboxylic acids is 1. The number of halogens is 1. The molecular weight excluding hydrogens is 371 g/mol. The number of carbonyl (C=O) groups is 1. The fourth-order valence-corrected chi connectivity index (χ4v) is 3.64. The molecule has 1 unspecified atom stereocenters. The maximum Gasteiger partial charge on any atom is 0.321 e. The van der Waals surface area contributed by atoms with Gasteiger partial charge < -0.3 is 15.1 Å². The molecule has 0 saturated carbocycles. The van der Waals surface area contributed by atoms with E-state index in [1.807, 2.05) is 12.1 Å². The molecule has 2 amide bonds. The minimum absolute atomic E-state index is 0.0884. The second kappa shape index (κ2) is 7.90. The zero-order chi connectivity index (χ0) is 20.4. The molecule has 1 atom stereocenters. The summed E-state index contributed by atoms with van der Waals surface area (Å²) in [6.45, 7) is 1.64. The van der Waals surface area contributed by atoms with Gasteiger partial charge in [-0.25, -0.2) is 9.18 Å². The molecule has 1 aromatic carbocycles. The smallest absolute Gasteiger partial charge is 0.321 e. The minimum atomic E-state index is -0.362. The third-order valence-corrected chi connectivity index (χ3v) is 5.30. The van der Waals surface area contributed by atoms with Crippen LogP contribution in [-0.4, -0.2) is 51.9 Å². The number of hydrogen-bond donors (Lipinski definition) is 1. The topological polar surface area (TPSA) is 66.3 Å². The highest BCUT2D eigenvalue weighted by Crippen LogP contribution is 2.29. The van der Waals surface area contributed by atoms with Gasteiger partial charge in [0.05, 0.1) is 17.9 Å². The average Bonchev–Trinajstić information content (AvgIpc) is 3.39. The van der Waals surface area contributed by atoms with Gasteiger partial charge in [-0.3, -0.25) is 9.67 Å². The summed E-state index contributed by atoms with van der Waals surface area (Å²) in [4.78, 5) is 20.9. The van der Waals surface area contributed by atoms with Crippen LogP contribution in [0.1, 0.15) is 6.42 Å². The van der Waals surface area contributed by atoms with Crippen molar-refractivity contribution in [3.8, 4) is 11.1 Å². The van der Waals surface area contributed by atoms with Crippen LogP contribution >= 0.6 is 0 Å². The van der Waals surface area contributed by atoms with Crippen LogP contribution < -0.4 is 10.2 Å². The van der Waals surface area contributed by atoms with E-state index in [4.69, 9.17) is 0 Å². The first-order valence-corrected chi connectivity index (χ1v) is 9.48. The van der Waals surface area contributed by atoms with Crippen molar-refractivity contribution in [3.05, 3.63) is 60.9 Å². The fraction of sp³-hybridized carbons (Fsp3) is 0.286. The Morgan fingerprint density at radius 3 is 2.79 bits per heavy atom. The number of pyridine rings is 1. The van der Waals surface area contributed by atoms with Crippen LogP contribution in [0.25, 0.3) is 11.1 Å². The van der Waals surface area contributed by atoms with Gasteiger partial charge in [-0.1, -0.05) is 0 Å². The predicted octanol–water partition coefficient (Wildman–Crippen LogP) is 3.36. The van der Waals surface area contributed by atoms with Crippen molar-refractivity contribution < 1.29 is 9.18 Å². The number of aryl methyl sites for hydroxylation is 1. The number of likely N-dealkylation sites (N-methyl/N-ethyl adjacent to an activating group) is 1. The van der Waals surface area contributed by atoms with Gasteiger partial charge in [-0.15, -0.1) is 0 Å². The Labute approximate surface area is 168 Å². The van der Waals surface area contributed by atoms with Gasteiger partial charge in [0.25, 0.3) is 0 Å². The number of urea groups is 1. The molecule has 0 spiro atoms. The summed E-state index contributed by atoms with van der Waals surface area (Å²) >= 11 is 0. The number of hydrogen-bond acceptors (Lipinski definition) is 4. The van der Waals surface area contributed by atoms with Crippen LogP contribution in [-0.2, 0) is 7.05 Å². The predicted molar refractivity (Wildman–Crippen MR) is 110 cm³/mol. The Balaban J connectivity index is 1.47. The maximum absolute atomic E-state index is 13.8. The van der Waals surface area contributed by atoms with Crippen molar-refractivity contribution in [1.29, 1.82) is 0 Å². The van der Waals surface area contributed by atoms with E-state index in [1.165, 1.54) is 12.1 Å². The highest BCUT2D eigenvalue weighted by atomic mass is 19.1. The third kappa shape index (κ3) is 4.06. The van der Waals surface area contributed by atoms with Gasteiger partial charge in [-0.2, -0.15) is 5.10 Å². The van der Waals surface area contributed by atoms with Crippen LogP contribution in [0.5, 0.6) is 0 Å². The Morgan fingerprint density at radius 2 is 2.07 bits per heavy atom. The first-order valence-electron chi connectivity index (χ1n) is 9.48. The Kier molecular flexibility index (Phi) is 5.16. The van der Waals surface area contributed by atoms with Crippen LogP contribution in [0.2, 0.25) is 0 Å². The summed E-state index contributed by atoms with van der Waals surface area (Å²) < 4.78 is 15.5. The molecule has 0 aliphatic carbocycles. The zero-order valence-corrected chi connectivity index (χ0v) is 16.4. The van der Waals surface area contributed by atoms with Gasteiger partial charge >= 0.3 is 6.03 Å². The fourth-order valence-electron chi connectivity index (χ4n) is 3.64. The van der Waals surface area contributed by atoms with Gasteiger partial charge in [0.1, 0.15) is 5.82 Å². The molecule has 2 aromatic heterocycles. The SMILES string of the molecule is CN(C(=O)Nc1ccc(F)cc1-c1cnn(C)c1)C1CCN(c2ccncc2)C1. The summed E-state index contributed by atoms with van der Waals surface area (Å²) in [5, 5.41) is 7.07. The van der Waals surface area contributed by atoms with Crippen LogP contribution in [0, 0.1) is 5.82 Å². The standard InChI is InChI=1S/C21H23FN6O/c1-26-13-15(12-24-26)19-11-16(22)3-4-20(19)25-21(29)27(2)18-7-10-28(14-18)17-5-8-23-9-6-17/h3-6,8-9,11-13,18H,7,10,14H2,1-2H3,(H,25,29). The normalized spacial score (nSPS) is 16.1. The molecule has 7 nitrogen and oxygen atoms in total. The van der Waals surface area contributed by atoms with Crippen molar-refractivity contribution in [1.82, 2.24) is 19.7 Å². The lowest BCUT2D eigenvalue weighted by Crippen LogP contribution is -2.41. The summed E-state index contributed by atoms with van der Waals surface area (Å²) in [5.41, 5.74) is 3.01. The average molecular weight is 394 g/mol. The molecule has 3 aromatic rings. The summed E-state index contributed by atoms with van der Waals surface area (Å²) in [7, 11) is 3.59. The van der Waals surface area contributed by atoms with Gasteiger partial charge in [0.15, 0.2) is 0 Å². The van der Waals surface area contributed by atoms with E-state index in [2.05, 4.69) is 20.3 Å². The number of benzene rings is 1. The van der Waals surface area contributed by atoms with Crippen LogP contribution in [0.4, 0.5) is 20.6 Å². The van der Waals surface area contributed by atoms with Crippen molar-refractivity contribution in [2.75, 3.05) is 30.4 Å². The Hall–Kier alpha value is -3.42. The van der Waals surface area contributed by atoms with Crippen molar-refractivity contribution >= 4 is 17.4 Å². The van der Waals surface area contributed by atoms with Crippen molar-refractivity contribution in [2.24, 2.45) is 7.05 Å². The lowest BCUT2D eigenvalue weighted by molar-refractivity contribution is 0.208. The molecule has 8 heteroatoms. The third-order valence-electron chi connectivity index (χ3n) is 5.30. The molecular formula is C21H23FN6O. The number of nitrogens with zero attached hydrogens (tertiary/aromatic N) is 5. The molecule has 29 heavy (non-hydrogen) atoms. The summed E-state index contributed by atoms with van der Waals surface area (Å²) in [6, 6.07) is 8.15. The molecule has 1 fully saturated rings. The zero-order valence-electron chi connectivity index (χ0n) is 16.4. The molecule has 3 heterocycles. The lowest BCUT2D eigenvalue weighted by atomic mass is 10.1. The van der Waals surface area contributed by atoms with E-state index >= 15 is 0 Å². The minimum Gasteiger partial charge on any atom is -0.369 e. The lowest BCUT2D eigenvalue weighted by Gasteiger charge is -2.26. The molecule has 0 radical (unpaired) electrons.